The Kier molecular flexibility index (Phi) is 5.41. The van der Waals surface area contributed by atoms with Crippen LogP contribution >= 0.6 is 15.9 Å². The second-order valence-corrected chi connectivity index (χ2v) is 7.49. The SMILES string of the molecule is CCOC(=O)N1CCN(S(=O)(=O)c2cc(Br)ccc2F)CC1. The number of carbonyl (C=O) groups is 1. The van der Waals surface area contributed by atoms with Crippen LogP contribution < -0.4 is 0 Å². The first-order chi connectivity index (χ1) is 10.4. The number of halogens is 2. The van der Waals surface area contributed by atoms with Crippen LogP contribution in [0.2, 0.25) is 0 Å². The van der Waals surface area contributed by atoms with E-state index < -0.39 is 21.9 Å². The van der Waals surface area contributed by atoms with E-state index >= 15 is 0 Å². The van der Waals surface area contributed by atoms with Crippen molar-refractivity contribution in [2.75, 3.05) is 32.8 Å². The summed E-state index contributed by atoms with van der Waals surface area (Å²) in [6.07, 6.45) is -0.465. The summed E-state index contributed by atoms with van der Waals surface area (Å²) in [5.74, 6) is -0.795. The molecule has 0 atom stereocenters. The molecule has 0 unspecified atom stereocenters. The number of amides is 1. The molecule has 0 bridgehead atoms. The van der Waals surface area contributed by atoms with Gasteiger partial charge in [-0.15, -0.1) is 0 Å². The zero-order chi connectivity index (χ0) is 16.3. The summed E-state index contributed by atoms with van der Waals surface area (Å²) in [6, 6.07) is 3.78. The molecule has 0 radical (unpaired) electrons. The Hall–Kier alpha value is -1.19. The third-order valence-corrected chi connectivity index (χ3v) is 5.68. The molecule has 9 heteroatoms. The first-order valence-electron chi connectivity index (χ1n) is 6.73. The maximum atomic E-state index is 13.8. The van der Waals surface area contributed by atoms with Gasteiger partial charge in [-0.3, -0.25) is 0 Å². The van der Waals surface area contributed by atoms with Crippen molar-refractivity contribution < 1.29 is 22.3 Å². The van der Waals surface area contributed by atoms with Crippen LogP contribution in [0.15, 0.2) is 27.6 Å². The van der Waals surface area contributed by atoms with E-state index in [1.54, 1.807) is 6.92 Å². The zero-order valence-corrected chi connectivity index (χ0v) is 14.4. The van der Waals surface area contributed by atoms with E-state index in [4.69, 9.17) is 4.74 Å². The van der Waals surface area contributed by atoms with E-state index in [1.165, 1.54) is 21.3 Å². The molecule has 1 fully saturated rings. The van der Waals surface area contributed by atoms with Crippen LogP contribution in [-0.4, -0.2) is 56.5 Å². The number of sulfonamides is 1. The average molecular weight is 395 g/mol. The highest BCUT2D eigenvalue weighted by atomic mass is 79.9. The van der Waals surface area contributed by atoms with E-state index in [0.717, 1.165) is 6.07 Å². The summed E-state index contributed by atoms with van der Waals surface area (Å²) >= 11 is 3.14. The minimum absolute atomic E-state index is 0.104. The Bertz CT molecular complexity index is 660. The first kappa shape index (κ1) is 17.2. The van der Waals surface area contributed by atoms with Gasteiger partial charge in [0.25, 0.3) is 0 Å². The number of carbonyl (C=O) groups excluding carboxylic acids is 1. The molecule has 22 heavy (non-hydrogen) atoms. The molecule has 0 aromatic heterocycles. The van der Waals surface area contributed by atoms with Crippen LogP contribution in [0.25, 0.3) is 0 Å². The van der Waals surface area contributed by atoms with Crippen molar-refractivity contribution in [3.05, 3.63) is 28.5 Å². The van der Waals surface area contributed by atoms with Crippen molar-refractivity contribution in [1.82, 2.24) is 9.21 Å². The lowest BCUT2D eigenvalue weighted by Gasteiger charge is -2.33. The van der Waals surface area contributed by atoms with Gasteiger partial charge in [0.05, 0.1) is 6.61 Å². The van der Waals surface area contributed by atoms with Crippen LogP contribution in [-0.2, 0) is 14.8 Å². The number of hydrogen-bond acceptors (Lipinski definition) is 4. The lowest BCUT2D eigenvalue weighted by molar-refractivity contribution is 0.0933. The number of hydrogen-bond donors (Lipinski definition) is 0. The summed E-state index contributed by atoms with van der Waals surface area (Å²) < 4.78 is 45.3. The van der Waals surface area contributed by atoms with Crippen LogP contribution in [0, 0.1) is 5.82 Å². The summed E-state index contributed by atoms with van der Waals surface area (Å²) in [5, 5.41) is 0. The van der Waals surface area contributed by atoms with Gasteiger partial charge < -0.3 is 9.64 Å². The van der Waals surface area contributed by atoms with Crippen LogP contribution in [0.3, 0.4) is 0 Å². The fourth-order valence-corrected chi connectivity index (χ4v) is 4.16. The highest BCUT2D eigenvalue weighted by Gasteiger charge is 2.32. The minimum atomic E-state index is -3.93. The van der Waals surface area contributed by atoms with Crippen LogP contribution in [0.1, 0.15) is 6.92 Å². The van der Waals surface area contributed by atoms with Gasteiger partial charge in [0.15, 0.2) is 0 Å². The van der Waals surface area contributed by atoms with Gasteiger partial charge in [0, 0.05) is 30.7 Å². The Morgan fingerprint density at radius 1 is 1.32 bits per heavy atom. The topological polar surface area (TPSA) is 66.9 Å². The van der Waals surface area contributed by atoms with E-state index in [2.05, 4.69) is 15.9 Å². The summed E-state index contributed by atoms with van der Waals surface area (Å²) in [7, 11) is -3.93. The quantitative estimate of drug-likeness (QED) is 0.786. The molecule has 0 spiro atoms. The van der Waals surface area contributed by atoms with Gasteiger partial charge in [-0.2, -0.15) is 4.31 Å². The lowest BCUT2D eigenvalue weighted by Crippen LogP contribution is -2.50. The third-order valence-electron chi connectivity index (χ3n) is 3.28. The molecule has 1 saturated heterocycles. The lowest BCUT2D eigenvalue weighted by atomic mass is 10.3. The second kappa shape index (κ2) is 6.93. The van der Waals surface area contributed by atoms with Crippen molar-refractivity contribution in [1.29, 1.82) is 0 Å². The molecule has 0 aliphatic carbocycles. The Morgan fingerprint density at radius 2 is 1.95 bits per heavy atom. The van der Waals surface area contributed by atoms with Gasteiger partial charge in [0.2, 0.25) is 10.0 Å². The van der Waals surface area contributed by atoms with E-state index in [0.29, 0.717) is 4.47 Å². The fraction of sp³-hybridized carbons (Fsp3) is 0.462. The maximum Gasteiger partial charge on any atom is 0.409 e. The first-order valence-corrected chi connectivity index (χ1v) is 8.96. The zero-order valence-electron chi connectivity index (χ0n) is 12.0. The van der Waals surface area contributed by atoms with Crippen molar-refractivity contribution in [2.45, 2.75) is 11.8 Å². The summed E-state index contributed by atoms with van der Waals surface area (Å²) in [5.41, 5.74) is 0. The Labute approximate surface area is 137 Å². The van der Waals surface area contributed by atoms with Gasteiger partial charge in [-0.05, 0) is 25.1 Å². The number of rotatable bonds is 3. The molecule has 1 aromatic carbocycles. The predicted molar refractivity (Wildman–Crippen MR) is 81.5 cm³/mol. The number of benzene rings is 1. The summed E-state index contributed by atoms with van der Waals surface area (Å²) in [4.78, 5) is 12.7. The minimum Gasteiger partial charge on any atom is -0.450 e. The molecule has 1 aromatic rings. The van der Waals surface area contributed by atoms with Gasteiger partial charge in [-0.25, -0.2) is 17.6 Å². The molecule has 1 aliphatic heterocycles. The Balaban J connectivity index is 2.13. The molecule has 1 amide bonds. The average Bonchev–Trinajstić information content (AvgIpc) is 2.50. The molecule has 1 heterocycles. The molecule has 2 rings (SSSR count). The monoisotopic (exact) mass is 394 g/mol. The number of piperazine rings is 1. The van der Waals surface area contributed by atoms with E-state index in [9.17, 15) is 17.6 Å². The van der Waals surface area contributed by atoms with Gasteiger partial charge in [0.1, 0.15) is 10.7 Å². The second-order valence-electron chi connectivity index (χ2n) is 4.66. The normalized spacial score (nSPS) is 16.6. The Morgan fingerprint density at radius 3 is 2.55 bits per heavy atom. The highest BCUT2D eigenvalue weighted by molar-refractivity contribution is 9.10. The van der Waals surface area contributed by atoms with E-state index in [-0.39, 0.29) is 37.7 Å². The molecular formula is C13H16BrFN2O4S. The van der Waals surface area contributed by atoms with Crippen LogP contribution in [0.4, 0.5) is 9.18 Å². The van der Waals surface area contributed by atoms with E-state index in [1.807, 2.05) is 0 Å². The third kappa shape index (κ3) is 3.58. The molecule has 1 aliphatic rings. The largest absolute Gasteiger partial charge is 0.450 e. The summed E-state index contributed by atoms with van der Waals surface area (Å²) in [6.45, 7) is 2.61. The molecule has 0 N–H and O–H groups in total. The number of ether oxygens (including phenoxy) is 1. The highest BCUT2D eigenvalue weighted by Crippen LogP contribution is 2.24. The smallest absolute Gasteiger partial charge is 0.409 e. The molecule has 6 nitrogen and oxygen atoms in total. The molecule has 0 saturated carbocycles. The van der Waals surface area contributed by atoms with Gasteiger partial charge >= 0.3 is 6.09 Å². The van der Waals surface area contributed by atoms with Gasteiger partial charge in [-0.1, -0.05) is 15.9 Å². The maximum absolute atomic E-state index is 13.8. The standard InChI is InChI=1S/C13H16BrFN2O4S/c1-2-21-13(18)16-5-7-17(8-6-16)22(19,20)12-9-10(14)3-4-11(12)15/h3-4,9H,2,5-8H2,1H3. The molecule has 122 valence electrons. The predicted octanol–water partition coefficient (Wildman–Crippen LogP) is 2.05. The fourth-order valence-electron chi connectivity index (χ4n) is 2.14. The van der Waals surface area contributed by atoms with Crippen molar-refractivity contribution >= 4 is 32.0 Å². The van der Waals surface area contributed by atoms with Crippen LogP contribution in [0.5, 0.6) is 0 Å². The van der Waals surface area contributed by atoms with Crippen molar-refractivity contribution in [2.24, 2.45) is 0 Å². The van der Waals surface area contributed by atoms with Crippen molar-refractivity contribution in [3.63, 3.8) is 0 Å². The molecular weight excluding hydrogens is 379 g/mol. The van der Waals surface area contributed by atoms with Crippen molar-refractivity contribution in [3.8, 4) is 0 Å². The number of nitrogens with zero attached hydrogens (tertiary/aromatic N) is 2.